The van der Waals surface area contributed by atoms with Gasteiger partial charge < -0.3 is 9.42 Å². The van der Waals surface area contributed by atoms with Crippen molar-refractivity contribution in [2.45, 2.75) is 52.1 Å². The van der Waals surface area contributed by atoms with E-state index in [0.29, 0.717) is 41.7 Å². The average Bonchev–Trinajstić information content (AvgIpc) is 3.01. The third-order valence-electron chi connectivity index (χ3n) is 7.15. The van der Waals surface area contributed by atoms with Gasteiger partial charge in [-0.2, -0.15) is 4.98 Å². The summed E-state index contributed by atoms with van der Waals surface area (Å²) >= 11 is 0. The van der Waals surface area contributed by atoms with Crippen LogP contribution in [-0.4, -0.2) is 64.1 Å². The van der Waals surface area contributed by atoms with E-state index in [-0.39, 0.29) is 5.92 Å². The van der Waals surface area contributed by atoms with E-state index in [1.807, 2.05) is 11.8 Å². The third kappa shape index (κ3) is 2.70. The number of aryl methyl sites for hydroxylation is 1. The fourth-order valence-corrected chi connectivity index (χ4v) is 5.63. The Morgan fingerprint density at radius 2 is 2.04 bits per heavy atom. The highest BCUT2D eigenvalue weighted by Gasteiger charge is 2.61. The molecule has 146 valence electrons. The van der Waals surface area contributed by atoms with Crippen LogP contribution < -0.4 is 4.90 Å². The summed E-state index contributed by atoms with van der Waals surface area (Å²) in [4.78, 5) is 23.9. The number of anilines is 1. The predicted molar refractivity (Wildman–Crippen MR) is 101 cm³/mol. The van der Waals surface area contributed by atoms with Gasteiger partial charge in [-0.25, -0.2) is 0 Å². The van der Waals surface area contributed by atoms with Gasteiger partial charge in [0.25, 0.3) is 0 Å². The van der Waals surface area contributed by atoms with Gasteiger partial charge in [0.1, 0.15) is 0 Å². The lowest BCUT2D eigenvalue weighted by Gasteiger charge is -2.46. The third-order valence-corrected chi connectivity index (χ3v) is 7.15. The van der Waals surface area contributed by atoms with Crippen LogP contribution in [0.3, 0.4) is 0 Å². The number of fused-ring (bicyclic) bond motifs is 4. The van der Waals surface area contributed by atoms with Crippen LogP contribution in [0.25, 0.3) is 0 Å². The SMILES string of the molecule is CCN(CC)C(=O)C1[C@H]2CN(C3CC4CCC3=CN4c3nc(C)no3)C[C@@H]12. The molecule has 27 heavy (non-hydrogen) atoms. The number of hydrogen-bond donors (Lipinski definition) is 0. The molecule has 7 heteroatoms. The van der Waals surface area contributed by atoms with E-state index in [4.69, 9.17) is 4.52 Å². The molecule has 3 aliphatic heterocycles. The Labute approximate surface area is 160 Å². The fourth-order valence-electron chi connectivity index (χ4n) is 5.63. The van der Waals surface area contributed by atoms with Crippen molar-refractivity contribution in [2.75, 3.05) is 31.1 Å². The zero-order chi connectivity index (χ0) is 18.7. The van der Waals surface area contributed by atoms with Gasteiger partial charge in [0.05, 0.1) is 0 Å². The smallest absolute Gasteiger partial charge is 0.328 e. The van der Waals surface area contributed by atoms with E-state index >= 15 is 0 Å². The predicted octanol–water partition coefficient (Wildman–Crippen LogP) is 2.05. The fraction of sp³-hybridized carbons (Fsp3) is 0.750. The number of aromatic nitrogens is 2. The second-order valence-corrected chi connectivity index (χ2v) is 8.50. The number of carbonyl (C=O) groups is 1. The summed E-state index contributed by atoms with van der Waals surface area (Å²) in [6, 6.07) is 1.60. The number of hydrogen-bond acceptors (Lipinski definition) is 6. The number of piperidine rings is 1. The number of likely N-dealkylation sites (tertiary alicyclic amines) is 1. The van der Waals surface area contributed by atoms with Crippen LogP contribution in [0.15, 0.2) is 16.3 Å². The Kier molecular flexibility index (Phi) is 4.04. The molecule has 1 amide bonds. The summed E-state index contributed by atoms with van der Waals surface area (Å²) in [6.07, 6.45) is 5.69. The van der Waals surface area contributed by atoms with Crippen LogP contribution in [0, 0.1) is 24.7 Å². The first-order chi connectivity index (χ1) is 13.1. The molecule has 4 heterocycles. The molecule has 0 N–H and O–H groups in total. The first-order valence-electron chi connectivity index (χ1n) is 10.4. The summed E-state index contributed by atoms with van der Waals surface area (Å²) in [5.74, 6) is 2.51. The molecule has 0 radical (unpaired) electrons. The standard InChI is InChI=1S/C20H29N5O2/c1-4-23(5-2)19(26)18-15-10-24(11-16(15)18)17-8-14-7-6-13(17)9-25(14)20-21-12(3)22-27-20/h9,14-18H,4-8,10-11H2,1-3H3/t14?,15-,16+,17?,18?. The second kappa shape index (κ2) is 6.33. The van der Waals surface area contributed by atoms with Gasteiger partial charge in [0.15, 0.2) is 5.82 Å². The van der Waals surface area contributed by atoms with Crippen molar-refractivity contribution in [1.82, 2.24) is 19.9 Å². The highest BCUT2D eigenvalue weighted by atomic mass is 16.5. The van der Waals surface area contributed by atoms with Crippen LogP contribution in [0.4, 0.5) is 6.01 Å². The minimum absolute atomic E-state index is 0.286. The molecule has 2 aliphatic carbocycles. The molecule has 2 saturated carbocycles. The number of nitrogens with zero attached hydrogens (tertiary/aromatic N) is 5. The maximum atomic E-state index is 12.7. The molecule has 1 aromatic rings. The van der Waals surface area contributed by atoms with Crippen molar-refractivity contribution in [3.8, 4) is 0 Å². The first-order valence-corrected chi connectivity index (χ1v) is 10.4. The summed E-state index contributed by atoms with van der Waals surface area (Å²) in [7, 11) is 0. The molecule has 0 aromatic carbocycles. The number of rotatable bonds is 5. The summed E-state index contributed by atoms with van der Waals surface area (Å²) < 4.78 is 5.39. The Morgan fingerprint density at radius 3 is 2.59 bits per heavy atom. The van der Waals surface area contributed by atoms with E-state index in [1.165, 1.54) is 5.57 Å². The first kappa shape index (κ1) is 17.2. The molecule has 5 aliphatic rings. The lowest BCUT2D eigenvalue weighted by molar-refractivity contribution is -0.133. The quantitative estimate of drug-likeness (QED) is 0.789. The maximum absolute atomic E-state index is 12.7. The molecule has 1 saturated heterocycles. The van der Waals surface area contributed by atoms with Crippen molar-refractivity contribution >= 4 is 11.9 Å². The van der Waals surface area contributed by atoms with Gasteiger partial charge in [-0.05, 0) is 57.4 Å². The van der Waals surface area contributed by atoms with Crippen LogP contribution in [0.1, 0.15) is 38.9 Å². The Balaban J connectivity index is 1.25. The Morgan fingerprint density at radius 1 is 1.30 bits per heavy atom. The Hall–Kier alpha value is -1.89. The lowest BCUT2D eigenvalue weighted by atomic mass is 9.81. The van der Waals surface area contributed by atoms with Crippen molar-refractivity contribution < 1.29 is 9.32 Å². The average molecular weight is 371 g/mol. The molecule has 3 fully saturated rings. The highest BCUT2D eigenvalue weighted by Crippen LogP contribution is 2.54. The zero-order valence-electron chi connectivity index (χ0n) is 16.5. The molecular formula is C20H29N5O2. The topological polar surface area (TPSA) is 65.7 Å². The minimum Gasteiger partial charge on any atom is -0.343 e. The zero-order valence-corrected chi connectivity index (χ0v) is 16.5. The van der Waals surface area contributed by atoms with Gasteiger partial charge in [0.2, 0.25) is 5.91 Å². The van der Waals surface area contributed by atoms with Crippen molar-refractivity contribution in [1.29, 1.82) is 0 Å². The molecular weight excluding hydrogens is 342 g/mol. The summed E-state index contributed by atoms with van der Waals surface area (Å²) in [5, 5.41) is 3.94. The maximum Gasteiger partial charge on any atom is 0.328 e. The molecule has 1 aromatic heterocycles. The van der Waals surface area contributed by atoms with E-state index in [0.717, 1.165) is 45.4 Å². The van der Waals surface area contributed by atoms with Gasteiger partial charge in [0, 0.05) is 50.4 Å². The largest absolute Gasteiger partial charge is 0.343 e. The van der Waals surface area contributed by atoms with Crippen molar-refractivity contribution in [3.05, 3.63) is 17.6 Å². The molecule has 6 rings (SSSR count). The van der Waals surface area contributed by atoms with Crippen LogP contribution >= 0.6 is 0 Å². The molecule has 2 bridgehead atoms. The normalized spacial score (nSPS) is 34.6. The number of amides is 1. The molecule has 0 spiro atoms. The van der Waals surface area contributed by atoms with Crippen molar-refractivity contribution in [3.63, 3.8) is 0 Å². The van der Waals surface area contributed by atoms with E-state index in [9.17, 15) is 4.79 Å². The second-order valence-electron chi connectivity index (χ2n) is 8.50. The van der Waals surface area contributed by atoms with Gasteiger partial charge in [-0.15, -0.1) is 0 Å². The summed E-state index contributed by atoms with van der Waals surface area (Å²) in [6.45, 7) is 9.83. The van der Waals surface area contributed by atoms with Crippen LogP contribution in [0.5, 0.6) is 0 Å². The highest BCUT2D eigenvalue weighted by molar-refractivity contribution is 5.82. The minimum atomic E-state index is 0.286. The van der Waals surface area contributed by atoms with Gasteiger partial charge in [-0.3, -0.25) is 14.6 Å². The van der Waals surface area contributed by atoms with Gasteiger partial charge >= 0.3 is 6.01 Å². The lowest BCUT2D eigenvalue weighted by Crippen LogP contribution is -2.50. The molecule has 5 atom stereocenters. The molecule has 7 nitrogen and oxygen atoms in total. The van der Waals surface area contributed by atoms with Gasteiger partial charge in [-0.1, -0.05) is 5.16 Å². The van der Waals surface area contributed by atoms with E-state index in [1.54, 1.807) is 0 Å². The summed E-state index contributed by atoms with van der Waals surface area (Å²) in [5.41, 5.74) is 1.49. The van der Waals surface area contributed by atoms with Crippen LogP contribution in [-0.2, 0) is 4.79 Å². The Bertz CT molecular complexity index is 758. The van der Waals surface area contributed by atoms with E-state index < -0.39 is 0 Å². The van der Waals surface area contributed by atoms with E-state index in [2.05, 4.69) is 40.0 Å². The van der Waals surface area contributed by atoms with Crippen LogP contribution in [0.2, 0.25) is 0 Å². The monoisotopic (exact) mass is 371 g/mol. The number of carbonyl (C=O) groups excluding carboxylic acids is 1. The van der Waals surface area contributed by atoms with Crippen molar-refractivity contribution in [2.24, 2.45) is 17.8 Å². The molecule has 3 unspecified atom stereocenters.